The molecule has 0 saturated carbocycles. The fraction of sp³-hybridized carbons (Fsp3) is 0.625. The summed E-state index contributed by atoms with van der Waals surface area (Å²) >= 11 is 2.07. The summed E-state index contributed by atoms with van der Waals surface area (Å²) in [5, 5.41) is 11.2. The van der Waals surface area contributed by atoms with Gasteiger partial charge in [0.05, 0.1) is 0 Å². The number of thiophene rings is 1. The second kappa shape index (κ2) is 8.54. The van der Waals surface area contributed by atoms with E-state index in [1.54, 1.807) is 16.0 Å². The molecule has 0 amide bonds. The topological polar surface area (TPSA) is 39.1 Å². The number of hydrogen-bond acceptors (Lipinski definition) is 4. The molecular formula is C24H37N3S. The van der Waals surface area contributed by atoms with Crippen molar-refractivity contribution in [2.24, 2.45) is 5.41 Å². The van der Waals surface area contributed by atoms with E-state index in [0.717, 1.165) is 31.8 Å². The number of nitrogens with zero attached hydrogens (tertiary/aromatic N) is 1. The molecule has 0 radical (unpaired) electrons. The Hall–Kier alpha value is -1.39. The second-order valence-corrected chi connectivity index (χ2v) is 10.7. The molecule has 154 valence electrons. The Kier molecular flexibility index (Phi) is 6.51. The predicted molar refractivity (Wildman–Crippen MR) is 123 cm³/mol. The summed E-state index contributed by atoms with van der Waals surface area (Å²) in [7, 11) is 0. The summed E-state index contributed by atoms with van der Waals surface area (Å²) in [6, 6.07) is 0. The highest BCUT2D eigenvalue weighted by Gasteiger charge is 2.41. The summed E-state index contributed by atoms with van der Waals surface area (Å²) in [4.78, 5) is 5.77. The molecule has 28 heavy (non-hydrogen) atoms. The van der Waals surface area contributed by atoms with Crippen LogP contribution >= 0.6 is 11.3 Å². The molecule has 4 heteroatoms. The van der Waals surface area contributed by atoms with Crippen LogP contribution in [0.4, 0.5) is 0 Å². The Morgan fingerprint density at radius 1 is 1.29 bits per heavy atom. The maximum atomic E-state index is 7.79. The molecule has 1 aromatic rings. The molecule has 1 fully saturated rings. The van der Waals surface area contributed by atoms with Crippen LogP contribution in [0.25, 0.3) is 0 Å². The third-order valence-electron chi connectivity index (χ3n) is 6.88. The molecule has 2 aliphatic rings. The van der Waals surface area contributed by atoms with Crippen molar-refractivity contribution in [2.75, 3.05) is 26.2 Å². The SMILES string of the molecule is C=CC(C)(C)CN/C=C(\C=N)CN1CCC2(CCCc3c2sc(C)c3C)CC1. The highest BCUT2D eigenvalue weighted by Crippen LogP contribution is 2.49. The summed E-state index contributed by atoms with van der Waals surface area (Å²) in [6.07, 6.45) is 12.0. The van der Waals surface area contributed by atoms with E-state index < -0.39 is 0 Å². The number of rotatable bonds is 7. The minimum Gasteiger partial charge on any atom is -0.390 e. The van der Waals surface area contributed by atoms with Gasteiger partial charge in [0.15, 0.2) is 0 Å². The number of aryl methyl sites for hydroxylation is 1. The van der Waals surface area contributed by atoms with E-state index in [1.807, 2.05) is 12.3 Å². The van der Waals surface area contributed by atoms with Crippen LogP contribution in [0.1, 0.15) is 60.4 Å². The Labute approximate surface area is 175 Å². The van der Waals surface area contributed by atoms with Gasteiger partial charge in [0.1, 0.15) is 0 Å². The lowest BCUT2D eigenvalue weighted by Crippen LogP contribution is -2.44. The smallest absolute Gasteiger partial charge is 0.0263 e. The van der Waals surface area contributed by atoms with E-state index in [-0.39, 0.29) is 5.41 Å². The molecular weight excluding hydrogens is 362 g/mol. The zero-order valence-electron chi connectivity index (χ0n) is 18.2. The number of nitrogens with one attached hydrogen (secondary N) is 2. The molecule has 1 spiro atoms. The highest BCUT2D eigenvalue weighted by molar-refractivity contribution is 7.12. The summed E-state index contributed by atoms with van der Waals surface area (Å²) in [5.74, 6) is 0. The lowest BCUT2D eigenvalue weighted by molar-refractivity contribution is 0.158. The molecule has 3 rings (SSSR count). The van der Waals surface area contributed by atoms with Gasteiger partial charge in [0, 0.05) is 40.7 Å². The van der Waals surface area contributed by atoms with Crippen LogP contribution in [0.15, 0.2) is 24.4 Å². The van der Waals surface area contributed by atoms with Gasteiger partial charge in [0.2, 0.25) is 0 Å². The van der Waals surface area contributed by atoms with E-state index in [4.69, 9.17) is 5.41 Å². The Bertz CT molecular complexity index is 748. The maximum Gasteiger partial charge on any atom is 0.0263 e. The van der Waals surface area contributed by atoms with Crippen molar-refractivity contribution >= 4 is 17.6 Å². The summed E-state index contributed by atoms with van der Waals surface area (Å²) in [5.41, 5.74) is 4.79. The molecule has 2 N–H and O–H groups in total. The van der Waals surface area contributed by atoms with Crippen molar-refractivity contribution in [3.05, 3.63) is 45.3 Å². The van der Waals surface area contributed by atoms with Gasteiger partial charge in [-0.2, -0.15) is 0 Å². The molecule has 1 aromatic heterocycles. The first-order valence-electron chi connectivity index (χ1n) is 10.7. The first-order chi connectivity index (χ1) is 13.3. The van der Waals surface area contributed by atoms with Crippen molar-refractivity contribution in [1.82, 2.24) is 10.2 Å². The van der Waals surface area contributed by atoms with E-state index in [9.17, 15) is 0 Å². The van der Waals surface area contributed by atoms with Gasteiger partial charge in [0.25, 0.3) is 0 Å². The van der Waals surface area contributed by atoms with Crippen LogP contribution in [-0.2, 0) is 11.8 Å². The van der Waals surface area contributed by atoms with Gasteiger partial charge in [-0.1, -0.05) is 19.9 Å². The van der Waals surface area contributed by atoms with E-state index >= 15 is 0 Å². The summed E-state index contributed by atoms with van der Waals surface area (Å²) in [6.45, 7) is 16.8. The van der Waals surface area contributed by atoms with Gasteiger partial charge >= 0.3 is 0 Å². The van der Waals surface area contributed by atoms with E-state index in [1.165, 1.54) is 43.2 Å². The van der Waals surface area contributed by atoms with E-state index in [2.05, 4.69) is 55.8 Å². The third-order valence-corrected chi connectivity index (χ3v) is 8.37. The minimum atomic E-state index is 0.0663. The fourth-order valence-corrected chi connectivity index (χ4v) is 6.13. The maximum absolute atomic E-state index is 7.79. The molecule has 2 heterocycles. The largest absolute Gasteiger partial charge is 0.390 e. The van der Waals surface area contributed by atoms with Crippen LogP contribution in [0.3, 0.4) is 0 Å². The first kappa shape index (κ1) is 21.3. The number of hydrogen-bond donors (Lipinski definition) is 2. The molecule has 1 saturated heterocycles. The standard InChI is InChI=1S/C24H37N3S/c1-6-23(4,5)17-26-15-20(14-25)16-27-12-10-24(11-13-27)9-7-8-21-18(2)19(3)28-22(21)24/h6,14-15,25-26H,1,7-13,16-17H2,2-5H3/b20-15+,25-14?. The lowest BCUT2D eigenvalue weighted by atomic mass is 9.68. The predicted octanol–water partition coefficient (Wildman–Crippen LogP) is 5.37. The average Bonchev–Trinajstić information content (AvgIpc) is 2.98. The Morgan fingerprint density at radius 3 is 2.64 bits per heavy atom. The number of piperidine rings is 1. The Morgan fingerprint density at radius 2 is 2.00 bits per heavy atom. The summed E-state index contributed by atoms with van der Waals surface area (Å²) < 4.78 is 0. The van der Waals surface area contributed by atoms with Crippen molar-refractivity contribution < 1.29 is 0 Å². The zero-order valence-corrected chi connectivity index (χ0v) is 19.0. The fourth-order valence-electron chi connectivity index (χ4n) is 4.65. The van der Waals surface area contributed by atoms with Crippen LogP contribution in [0, 0.1) is 24.7 Å². The van der Waals surface area contributed by atoms with Crippen molar-refractivity contribution in [3.8, 4) is 0 Å². The van der Waals surface area contributed by atoms with Crippen LogP contribution < -0.4 is 5.32 Å². The number of likely N-dealkylation sites (tertiary alicyclic amines) is 1. The van der Waals surface area contributed by atoms with Gasteiger partial charge in [-0.3, -0.25) is 4.90 Å². The van der Waals surface area contributed by atoms with Crippen LogP contribution in [0.5, 0.6) is 0 Å². The molecule has 0 unspecified atom stereocenters. The molecule has 0 bridgehead atoms. The number of fused-ring (bicyclic) bond motifs is 2. The van der Waals surface area contributed by atoms with Gasteiger partial charge in [-0.25, -0.2) is 0 Å². The molecule has 0 atom stereocenters. The molecule has 3 nitrogen and oxygen atoms in total. The highest BCUT2D eigenvalue weighted by atomic mass is 32.1. The monoisotopic (exact) mass is 399 g/mol. The van der Waals surface area contributed by atoms with Gasteiger partial charge in [-0.05, 0) is 81.2 Å². The first-order valence-corrected chi connectivity index (χ1v) is 11.5. The van der Waals surface area contributed by atoms with Gasteiger partial charge in [-0.15, -0.1) is 17.9 Å². The molecule has 1 aliphatic heterocycles. The molecule has 0 aromatic carbocycles. The van der Waals surface area contributed by atoms with Crippen molar-refractivity contribution in [3.63, 3.8) is 0 Å². The van der Waals surface area contributed by atoms with Crippen molar-refractivity contribution in [2.45, 2.75) is 65.2 Å². The normalized spacial score (nSPS) is 20.1. The minimum absolute atomic E-state index is 0.0663. The third kappa shape index (κ3) is 4.44. The van der Waals surface area contributed by atoms with Crippen molar-refractivity contribution in [1.29, 1.82) is 5.41 Å². The van der Waals surface area contributed by atoms with Crippen LogP contribution in [0.2, 0.25) is 0 Å². The lowest BCUT2D eigenvalue weighted by Gasteiger charge is -2.44. The van der Waals surface area contributed by atoms with E-state index in [0.29, 0.717) is 5.41 Å². The van der Waals surface area contributed by atoms with Gasteiger partial charge < -0.3 is 10.7 Å². The quantitative estimate of drug-likeness (QED) is 0.478. The Balaban J connectivity index is 1.61. The molecule has 1 aliphatic carbocycles. The van der Waals surface area contributed by atoms with Crippen LogP contribution in [-0.4, -0.2) is 37.3 Å². The zero-order chi connectivity index (χ0) is 20.4. The second-order valence-electron chi connectivity index (χ2n) is 9.44. The average molecular weight is 400 g/mol.